The summed E-state index contributed by atoms with van der Waals surface area (Å²) in [5.41, 5.74) is 1.76. The average Bonchev–Trinajstić information content (AvgIpc) is 3.03. The molecule has 2 unspecified atom stereocenters. The average molecular weight is 265 g/mol. The Hall–Kier alpha value is -1.96. The van der Waals surface area contributed by atoms with Crippen LogP contribution in [0.1, 0.15) is 19.8 Å². The summed E-state index contributed by atoms with van der Waals surface area (Å²) in [5.74, 6) is 2.70. The molecule has 0 bridgehead atoms. The molecule has 20 heavy (non-hydrogen) atoms. The second-order valence-electron chi connectivity index (χ2n) is 6.11. The molecule has 2 aliphatic rings. The highest BCUT2D eigenvalue weighted by Crippen LogP contribution is 2.56. The van der Waals surface area contributed by atoms with Crippen molar-refractivity contribution in [1.29, 1.82) is 0 Å². The minimum absolute atomic E-state index is 0.432. The second kappa shape index (κ2) is 4.27. The third-order valence-electron chi connectivity index (χ3n) is 4.82. The van der Waals surface area contributed by atoms with E-state index in [4.69, 9.17) is 4.74 Å². The Kier molecular flexibility index (Phi) is 2.53. The van der Waals surface area contributed by atoms with Crippen LogP contribution in [-0.4, -0.2) is 12.1 Å². The van der Waals surface area contributed by atoms with E-state index in [1.807, 2.05) is 30.3 Å². The fourth-order valence-corrected chi connectivity index (χ4v) is 3.47. The molecule has 2 fully saturated rings. The molecule has 2 atom stereocenters. The standard InChI is InChI=1S/C18H19NO/c1-18-13-14(18)11-12-19(18)15-7-9-17(10-8-15)20-16-5-3-2-4-6-16/h2-10,14H,11-13H2,1H3. The van der Waals surface area contributed by atoms with Crippen molar-refractivity contribution in [1.82, 2.24) is 0 Å². The quantitative estimate of drug-likeness (QED) is 0.812. The van der Waals surface area contributed by atoms with E-state index in [0.717, 1.165) is 17.4 Å². The van der Waals surface area contributed by atoms with Crippen molar-refractivity contribution in [3.8, 4) is 11.5 Å². The summed E-state index contributed by atoms with van der Waals surface area (Å²) in [5, 5.41) is 0. The van der Waals surface area contributed by atoms with Gasteiger partial charge in [0.1, 0.15) is 11.5 Å². The number of anilines is 1. The largest absolute Gasteiger partial charge is 0.457 e. The maximum atomic E-state index is 5.84. The van der Waals surface area contributed by atoms with E-state index >= 15 is 0 Å². The smallest absolute Gasteiger partial charge is 0.127 e. The van der Waals surface area contributed by atoms with Crippen LogP contribution in [0.4, 0.5) is 5.69 Å². The Bertz CT molecular complexity index is 605. The molecule has 1 aliphatic carbocycles. The molecule has 0 amide bonds. The molecule has 2 aromatic rings. The van der Waals surface area contributed by atoms with Crippen LogP contribution in [0.25, 0.3) is 0 Å². The Labute approximate surface area is 120 Å². The van der Waals surface area contributed by atoms with Gasteiger partial charge in [-0.15, -0.1) is 0 Å². The SMILES string of the molecule is CC12CC1CCN2c1ccc(Oc2ccccc2)cc1. The molecule has 0 radical (unpaired) electrons. The van der Waals surface area contributed by atoms with Gasteiger partial charge in [0.2, 0.25) is 0 Å². The summed E-state index contributed by atoms with van der Waals surface area (Å²) >= 11 is 0. The Morgan fingerprint density at radius 3 is 2.30 bits per heavy atom. The lowest BCUT2D eigenvalue weighted by Gasteiger charge is -2.27. The van der Waals surface area contributed by atoms with Gasteiger partial charge >= 0.3 is 0 Å². The van der Waals surface area contributed by atoms with Gasteiger partial charge in [-0.25, -0.2) is 0 Å². The van der Waals surface area contributed by atoms with Gasteiger partial charge in [-0.1, -0.05) is 18.2 Å². The molecular formula is C18H19NO. The van der Waals surface area contributed by atoms with Gasteiger partial charge < -0.3 is 9.64 Å². The van der Waals surface area contributed by atoms with Crippen molar-refractivity contribution < 1.29 is 4.74 Å². The lowest BCUT2D eigenvalue weighted by Crippen LogP contribution is -2.31. The highest BCUT2D eigenvalue weighted by atomic mass is 16.5. The minimum atomic E-state index is 0.432. The van der Waals surface area contributed by atoms with Crippen LogP contribution in [0.15, 0.2) is 54.6 Å². The molecule has 1 saturated carbocycles. The van der Waals surface area contributed by atoms with Crippen molar-refractivity contribution >= 4 is 5.69 Å². The molecule has 102 valence electrons. The first-order valence-corrected chi connectivity index (χ1v) is 7.36. The molecule has 2 nitrogen and oxygen atoms in total. The van der Waals surface area contributed by atoms with Crippen molar-refractivity contribution in [2.24, 2.45) is 5.92 Å². The predicted molar refractivity (Wildman–Crippen MR) is 81.4 cm³/mol. The van der Waals surface area contributed by atoms with E-state index in [0.29, 0.717) is 5.54 Å². The maximum absolute atomic E-state index is 5.84. The van der Waals surface area contributed by atoms with Crippen molar-refractivity contribution in [2.75, 3.05) is 11.4 Å². The highest BCUT2D eigenvalue weighted by Gasteiger charge is 2.58. The molecule has 1 heterocycles. The van der Waals surface area contributed by atoms with Crippen LogP contribution in [0.5, 0.6) is 11.5 Å². The van der Waals surface area contributed by atoms with Crippen LogP contribution in [-0.2, 0) is 0 Å². The summed E-state index contributed by atoms with van der Waals surface area (Å²) in [7, 11) is 0. The van der Waals surface area contributed by atoms with Gasteiger partial charge in [-0.2, -0.15) is 0 Å². The van der Waals surface area contributed by atoms with E-state index in [2.05, 4.69) is 36.1 Å². The third-order valence-corrected chi connectivity index (χ3v) is 4.82. The fraction of sp³-hybridized carbons (Fsp3) is 0.333. The van der Waals surface area contributed by atoms with Gasteiger partial charge in [0.15, 0.2) is 0 Å². The summed E-state index contributed by atoms with van der Waals surface area (Å²) in [4.78, 5) is 2.56. The van der Waals surface area contributed by atoms with E-state index in [1.165, 1.54) is 25.1 Å². The van der Waals surface area contributed by atoms with Crippen LogP contribution in [0.3, 0.4) is 0 Å². The highest BCUT2D eigenvalue weighted by molar-refractivity contribution is 5.55. The molecular weight excluding hydrogens is 246 g/mol. The van der Waals surface area contributed by atoms with Crippen molar-refractivity contribution in [3.63, 3.8) is 0 Å². The molecule has 0 spiro atoms. The number of hydrogen-bond donors (Lipinski definition) is 0. The van der Waals surface area contributed by atoms with Crippen molar-refractivity contribution in [2.45, 2.75) is 25.3 Å². The maximum Gasteiger partial charge on any atom is 0.127 e. The first kappa shape index (κ1) is 11.8. The number of rotatable bonds is 3. The van der Waals surface area contributed by atoms with Gasteiger partial charge in [0.25, 0.3) is 0 Å². The normalized spacial score (nSPS) is 27.2. The van der Waals surface area contributed by atoms with Gasteiger partial charge in [-0.05, 0) is 62.1 Å². The zero-order valence-electron chi connectivity index (χ0n) is 11.8. The van der Waals surface area contributed by atoms with Crippen LogP contribution >= 0.6 is 0 Å². The molecule has 0 N–H and O–H groups in total. The number of piperidine rings is 1. The third kappa shape index (κ3) is 1.87. The Morgan fingerprint density at radius 2 is 1.70 bits per heavy atom. The van der Waals surface area contributed by atoms with E-state index in [1.54, 1.807) is 0 Å². The van der Waals surface area contributed by atoms with E-state index in [9.17, 15) is 0 Å². The molecule has 4 rings (SSSR count). The zero-order valence-corrected chi connectivity index (χ0v) is 11.8. The van der Waals surface area contributed by atoms with Crippen LogP contribution < -0.4 is 9.64 Å². The number of ether oxygens (including phenoxy) is 1. The van der Waals surface area contributed by atoms with Gasteiger partial charge in [-0.3, -0.25) is 0 Å². The van der Waals surface area contributed by atoms with Gasteiger partial charge in [0, 0.05) is 17.8 Å². The number of nitrogens with zero attached hydrogens (tertiary/aromatic N) is 1. The summed E-state index contributed by atoms with van der Waals surface area (Å²) in [6.07, 6.45) is 2.70. The monoisotopic (exact) mass is 265 g/mol. The molecule has 2 aromatic carbocycles. The minimum Gasteiger partial charge on any atom is -0.457 e. The topological polar surface area (TPSA) is 12.5 Å². The second-order valence-corrected chi connectivity index (χ2v) is 6.11. The fourth-order valence-electron chi connectivity index (χ4n) is 3.47. The summed E-state index contributed by atoms with van der Waals surface area (Å²) in [6, 6.07) is 18.4. The van der Waals surface area contributed by atoms with E-state index in [-0.39, 0.29) is 0 Å². The zero-order chi connectivity index (χ0) is 13.6. The van der Waals surface area contributed by atoms with Crippen molar-refractivity contribution in [3.05, 3.63) is 54.6 Å². The van der Waals surface area contributed by atoms with E-state index < -0.39 is 0 Å². The number of para-hydroxylation sites is 1. The van der Waals surface area contributed by atoms with Crippen LogP contribution in [0.2, 0.25) is 0 Å². The summed E-state index contributed by atoms with van der Waals surface area (Å²) < 4.78 is 5.84. The lowest BCUT2D eigenvalue weighted by atomic mass is 10.2. The number of hydrogen-bond acceptors (Lipinski definition) is 2. The summed E-state index contributed by atoms with van der Waals surface area (Å²) in [6.45, 7) is 3.58. The predicted octanol–water partition coefficient (Wildman–Crippen LogP) is 4.47. The molecule has 1 saturated heterocycles. The number of benzene rings is 2. The first-order valence-electron chi connectivity index (χ1n) is 7.36. The van der Waals surface area contributed by atoms with Crippen LogP contribution in [0, 0.1) is 5.92 Å². The molecule has 2 heteroatoms. The molecule has 1 aliphatic heterocycles. The lowest BCUT2D eigenvalue weighted by molar-refractivity contribution is 0.482. The van der Waals surface area contributed by atoms with Gasteiger partial charge in [0.05, 0.1) is 0 Å². The molecule has 0 aromatic heterocycles. The first-order chi connectivity index (χ1) is 9.75. The number of fused-ring (bicyclic) bond motifs is 1. The Balaban J connectivity index is 1.52. The Morgan fingerprint density at radius 1 is 1.00 bits per heavy atom.